The maximum atomic E-state index is 13.2. The molecule has 2 unspecified atom stereocenters. The molecule has 1 saturated heterocycles. The van der Waals surface area contributed by atoms with Gasteiger partial charge in [0.1, 0.15) is 5.54 Å². The molecule has 3 amide bonds. The molecule has 4 rings (SSSR count). The highest BCUT2D eigenvalue weighted by atomic mass is 16.2. The summed E-state index contributed by atoms with van der Waals surface area (Å²) in [5.74, 6) is 1.03. The SMILES string of the molecule is CN1C(=O)N(CC(=O)c2ccccc2)C(=O)C1(C)C1C[C@@H]2CC[C@H]1C2. The van der Waals surface area contributed by atoms with Crippen LogP contribution in [0.4, 0.5) is 4.79 Å². The monoisotopic (exact) mass is 340 g/mol. The summed E-state index contributed by atoms with van der Waals surface area (Å²) in [5.41, 5.74) is -0.285. The first kappa shape index (κ1) is 16.3. The number of ketones is 1. The third-order valence-electron chi connectivity index (χ3n) is 6.75. The van der Waals surface area contributed by atoms with Crippen LogP contribution < -0.4 is 0 Å². The molecule has 1 heterocycles. The van der Waals surface area contributed by atoms with E-state index in [0.29, 0.717) is 17.4 Å². The second kappa shape index (κ2) is 5.68. The number of likely N-dealkylation sites (N-methyl/N-ethyl adjacent to an activating group) is 1. The zero-order valence-electron chi connectivity index (χ0n) is 14.8. The maximum absolute atomic E-state index is 13.2. The third kappa shape index (κ3) is 2.32. The predicted octanol–water partition coefficient (Wildman–Crippen LogP) is 2.96. The molecule has 0 N–H and O–H groups in total. The van der Waals surface area contributed by atoms with Crippen molar-refractivity contribution in [2.24, 2.45) is 17.8 Å². The molecule has 1 aliphatic heterocycles. The molecule has 1 aromatic rings. The number of carbonyl (C=O) groups excluding carboxylic acids is 3. The van der Waals surface area contributed by atoms with Gasteiger partial charge in [-0.3, -0.25) is 14.5 Å². The Labute approximate surface area is 148 Å². The molecule has 3 aliphatic rings. The van der Waals surface area contributed by atoms with Gasteiger partial charge in [-0.05, 0) is 43.9 Å². The highest BCUT2D eigenvalue weighted by molar-refractivity contribution is 6.11. The average molecular weight is 340 g/mol. The molecule has 2 bridgehead atoms. The topological polar surface area (TPSA) is 57.7 Å². The van der Waals surface area contributed by atoms with Gasteiger partial charge in [0.15, 0.2) is 5.78 Å². The van der Waals surface area contributed by atoms with Gasteiger partial charge in [0.05, 0.1) is 6.54 Å². The lowest BCUT2D eigenvalue weighted by Crippen LogP contribution is -2.53. The Balaban J connectivity index is 1.58. The lowest BCUT2D eigenvalue weighted by Gasteiger charge is -2.39. The Morgan fingerprint density at radius 1 is 1.16 bits per heavy atom. The van der Waals surface area contributed by atoms with Crippen LogP contribution in [0.3, 0.4) is 0 Å². The Morgan fingerprint density at radius 2 is 1.88 bits per heavy atom. The molecule has 5 heteroatoms. The predicted molar refractivity (Wildman–Crippen MR) is 93.0 cm³/mol. The quantitative estimate of drug-likeness (QED) is 0.625. The number of fused-ring (bicyclic) bond motifs is 2. The van der Waals surface area contributed by atoms with E-state index in [0.717, 1.165) is 17.7 Å². The fraction of sp³-hybridized carbons (Fsp3) is 0.550. The van der Waals surface area contributed by atoms with E-state index in [1.54, 1.807) is 36.2 Å². The number of carbonyl (C=O) groups is 3. The summed E-state index contributed by atoms with van der Waals surface area (Å²) in [6, 6.07) is 8.49. The summed E-state index contributed by atoms with van der Waals surface area (Å²) in [6.45, 7) is 1.72. The van der Waals surface area contributed by atoms with Gasteiger partial charge in [-0.15, -0.1) is 0 Å². The first-order chi connectivity index (χ1) is 11.9. The molecule has 25 heavy (non-hydrogen) atoms. The van der Waals surface area contributed by atoms with Crippen LogP contribution in [-0.2, 0) is 4.79 Å². The zero-order valence-corrected chi connectivity index (χ0v) is 14.8. The third-order valence-corrected chi connectivity index (χ3v) is 6.75. The van der Waals surface area contributed by atoms with Gasteiger partial charge in [-0.2, -0.15) is 0 Å². The molecule has 1 aromatic carbocycles. The summed E-state index contributed by atoms with van der Waals surface area (Å²) in [5, 5.41) is 0. The van der Waals surface area contributed by atoms with Crippen molar-refractivity contribution in [1.29, 1.82) is 0 Å². The van der Waals surface area contributed by atoms with Gasteiger partial charge in [0.2, 0.25) is 0 Å². The molecule has 5 nitrogen and oxygen atoms in total. The van der Waals surface area contributed by atoms with Crippen LogP contribution in [0.2, 0.25) is 0 Å². The van der Waals surface area contributed by atoms with E-state index < -0.39 is 5.54 Å². The summed E-state index contributed by atoms with van der Waals surface area (Å²) in [6.07, 6.45) is 4.60. The van der Waals surface area contributed by atoms with Crippen molar-refractivity contribution < 1.29 is 14.4 Å². The summed E-state index contributed by atoms with van der Waals surface area (Å²) >= 11 is 0. The molecule has 2 aliphatic carbocycles. The standard InChI is InChI=1S/C20H24N2O3/c1-20(16-11-13-8-9-15(16)10-13)18(24)22(19(25)21(20)2)12-17(23)14-6-4-3-5-7-14/h3-7,13,15-16H,8-12H2,1-2H3/t13-,15+,16?,20?/m1/s1. The average Bonchev–Trinajstić information content (AvgIpc) is 3.31. The summed E-state index contributed by atoms with van der Waals surface area (Å²) in [7, 11) is 1.71. The molecule has 3 fully saturated rings. The number of urea groups is 1. The maximum Gasteiger partial charge on any atom is 0.327 e. The molecule has 2 saturated carbocycles. The number of benzene rings is 1. The van der Waals surface area contributed by atoms with Gasteiger partial charge in [0.25, 0.3) is 5.91 Å². The van der Waals surface area contributed by atoms with Crippen molar-refractivity contribution in [3.05, 3.63) is 35.9 Å². The second-order valence-electron chi connectivity index (χ2n) is 7.95. The van der Waals surface area contributed by atoms with Gasteiger partial charge in [-0.25, -0.2) is 4.79 Å². The van der Waals surface area contributed by atoms with Crippen molar-refractivity contribution >= 4 is 17.7 Å². The molecule has 132 valence electrons. The number of amides is 3. The van der Waals surface area contributed by atoms with Crippen LogP contribution in [0.5, 0.6) is 0 Å². The van der Waals surface area contributed by atoms with Crippen LogP contribution in [0.15, 0.2) is 30.3 Å². The normalized spacial score (nSPS) is 34.2. The minimum Gasteiger partial charge on any atom is -0.313 e. The molecule has 0 radical (unpaired) electrons. The summed E-state index contributed by atoms with van der Waals surface area (Å²) in [4.78, 5) is 41.2. The van der Waals surface area contributed by atoms with E-state index >= 15 is 0 Å². The second-order valence-corrected chi connectivity index (χ2v) is 7.95. The Morgan fingerprint density at radius 3 is 2.48 bits per heavy atom. The Bertz CT molecular complexity index is 732. The lowest BCUT2D eigenvalue weighted by molar-refractivity contribution is -0.135. The minimum absolute atomic E-state index is 0.178. The number of hydrogen-bond donors (Lipinski definition) is 0. The zero-order chi connectivity index (χ0) is 17.8. The van der Waals surface area contributed by atoms with Crippen LogP contribution in [0, 0.1) is 17.8 Å². The van der Waals surface area contributed by atoms with Crippen molar-refractivity contribution in [3.63, 3.8) is 0 Å². The fourth-order valence-electron chi connectivity index (χ4n) is 5.22. The van der Waals surface area contributed by atoms with E-state index in [-0.39, 0.29) is 30.2 Å². The van der Waals surface area contributed by atoms with Gasteiger partial charge >= 0.3 is 6.03 Å². The number of nitrogens with zero attached hydrogens (tertiary/aromatic N) is 2. The van der Waals surface area contributed by atoms with Crippen LogP contribution in [0.25, 0.3) is 0 Å². The highest BCUT2D eigenvalue weighted by Crippen LogP contribution is 2.54. The highest BCUT2D eigenvalue weighted by Gasteiger charge is 2.61. The van der Waals surface area contributed by atoms with Crippen molar-refractivity contribution in [1.82, 2.24) is 9.80 Å². The number of hydrogen-bond acceptors (Lipinski definition) is 3. The van der Waals surface area contributed by atoms with Gasteiger partial charge in [0, 0.05) is 12.6 Å². The lowest BCUT2D eigenvalue weighted by atomic mass is 9.74. The molecule has 4 atom stereocenters. The molecule has 0 spiro atoms. The number of Topliss-reactive ketones (excluding diaryl/α,β-unsaturated/α-hetero) is 1. The summed E-state index contributed by atoms with van der Waals surface area (Å²) < 4.78 is 0. The van der Waals surface area contributed by atoms with Crippen molar-refractivity contribution in [2.75, 3.05) is 13.6 Å². The smallest absolute Gasteiger partial charge is 0.313 e. The van der Waals surface area contributed by atoms with Crippen LogP contribution >= 0.6 is 0 Å². The largest absolute Gasteiger partial charge is 0.327 e. The molecule has 0 aromatic heterocycles. The van der Waals surface area contributed by atoms with Crippen molar-refractivity contribution in [2.45, 2.75) is 38.1 Å². The Hall–Kier alpha value is -2.17. The van der Waals surface area contributed by atoms with E-state index in [1.165, 1.54) is 12.8 Å². The van der Waals surface area contributed by atoms with Crippen molar-refractivity contribution in [3.8, 4) is 0 Å². The van der Waals surface area contributed by atoms with Gasteiger partial charge < -0.3 is 4.90 Å². The van der Waals surface area contributed by atoms with Gasteiger partial charge in [-0.1, -0.05) is 36.8 Å². The fourth-order valence-corrected chi connectivity index (χ4v) is 5.22. The van der Waals surface area contributed by atoms with E-state index in [9.17, 15) is 14.4 Å². The minimum atomic E-state index is -0.812. The molecular formula is C20H24N2O3. The number of imide groups is 1. The Kier molecular flexibility index (Phi) is 3.71. The van der Waals surface area contributed by atoms with Crippen LogP contribution in [-0.4, -0.2) is 46.7 Å². The van der Waals surface area contributed by atoms with E-state index in [4.69, 9.17) is 0 Å². The van der Waals surface area contributed by atoms with E-state index in [2.05, 4.69) is 0 Å². The van der Waals surface area contributed by atoms with Crippen LogP contribution in [0.1, 0.15) is 43.0 Å². The molecular weight excluding hydrogens is 316 g/mol. The van der Waals surface area contributed by atoms with E-state index in [1.807, 2.05) is 13.0 Å². The first-order valence-electron chi connectivity index (χ1n) is 9.11. The first-order valence-corrected chi connectivity index (χ1v) is 9.11. The number of rotatable bonds is 4.